The van der Waals surface area contributed by atoms with Gasteiger partial charge in [0.05, 0.1) is 0 Å². The Morgan fingerprint density at radius 2 is 0.867 bits per heavy atom. The van der Waals surface area contributed by atoms with E-state index in [4.69, 9.17) is 9.05 Å². The highest BCUT2D eigenvalue weighted by Crippen LogP contribution is 2.44. The van der Waals surface area contributed by atoms with E-state index in [9.17, 15) is 4.20 Å². The van der Waals surface area contributed by atoms with Crippen molar-refractivity contribution < 1.29 is 13.2 Å². The van der Waals surface area contributed by atoms with Gasteiger partial charge in [-0.2, -0.15) is 0 Å². The van der Waals surface area contributed by atoms with Gasteiger partial charge in [0.15, 0.2) is 0 Å². The number of rotatable bonds is 8. The standard InChI is InChI=1S/C26H22FO2P/c27-30(28-25-17-9-7-15-23(25)19-21-11-3-1-4-12-21)29-26-18-10-8-16-24(26)20-22-13-5-2-6-14-22/h1-18H,19-20H2. The van der Waals surface area contributed by atoms with Gasteiger partial charge >= 0.3 is 8.69 Å². The first-order valence-electron chi connectivity index (χ1n) is 9.83. The molecule has 0 aliphatic heterocycles. The third kappa shape index (κ3) is 5.46. The van der Waals surface area contributed by atoms with E-state index in [0.29, 0.717) is 24.3 Å². The van der Waals surface area contributed by atoms with Crippen molar-refractivity contribution in [3.8, 4) is 11.5 Å². The number of benzene rings is 4. The molecular formula is C26H22FO2P. The quantitative estimate of drug-likeness (QED) is 0.277. The highest BCUT2D eigenvalue weighted by atomic mass is 31.2. The van der Waals surface area contributed by atoms with Crippen LogP contribution >= 0.6 is 8.69 Å². The summed E-state index contributed by atoms with van der Waals surface area (Å²) in [7, 11) is -2.61. The highest BCUT2D eigenvalue weighted by Gasteiger charge is 2.18. The minimum atomic E-state index is -2.61. The molecule has 4 heteroatoms. The topological polar surface area (TPSA) is 18.5 Å². The summed E-state index contributed by atoms with van der Waals surface area (Å²) in [4.78, 5) is 0. The van der Waals surface area contributed by atoms with Crippen LogP contribution in [0, 0.1) is 0 Å². The van der Waals surface area contributed by atoms with Gasteiger partial charge in [0.25, 0.3) is 0 Å². The molecule has 30 heavy (non-hydrogen) atoms. The minimum absolute atomic E-state index is 0.510. The maximum absolute atomic E-state index is 14.8. The smallest absolute Gasteiger partial charge is 0.414 e. The van der Waals surface area contributed by atoms with E-state index in [1.54, 1.807) is 12.1 Å². The zero-order valence-electron chi connectivity index (χ0n) is 16.4. The summed E-state index contributed by atoms with van der Waals surface area (Å²) in [6, 6.07) is 35.1. The lowest BCUT2D eigenvalue weighted by Crippen LogP contribution is -1.98. The van der Waals surface area contributed by atoms with Crippen LogP contribution in [0.5, 0.6) is 11.5 Å². The first-order valence-corrected chi connectivity index (χ1v) is 10.9. The number of para-hydroxylation sites is 2. The van der Waals surface area contributed by atoms with Crippen molar-refractivity contribution in [2.45, 2.75) is 12.8 Å². The minimum Gasteiger partial charge on any atom is -0.414 e. The Hall–Kier alpha value is -3.16. The molecule has 0 unspecified atom stereocenters. The number of hydrogen-bond acceptors (Lipinski definition) is 2. The molecule has 0 amide bonds. The molecule has 0 heterocycles. The molecule has 0 radical (unpaired) electrons. The summed E-state index contributed by atoms with van der Waals surface area (Å²) in [6.07, 6.45) is 1.34. The Labute approximate surface area is 178 Å². The van der Waals surface area contributed by atoms with Crippen molar-refractivity contribution >= 4 is 8.69 Å². The number of halogens is 1. The van der Waals surface area contributed by atoms with E-state index in [1.807, 2.05) is 97.1 Å². The summed E-state index contributed by atoms with van der Waals surface area (Å²) >= 11 is 0. The fourth-order valence-corrected chi connectivity index (χ4v) is 3.99. The predicted octanol–water partition coefficient (Wildman–Crippen LogP) is 7.52. The molecule has 0 atom stereocenters. The van der Waals surface area contributed by atoms with E-state index >= 15 is 0 Å². The van der Waals surface area contributed by atoms with Gasteiger partial charge < -0.3 is 9.05 Å². The average Bonchev–Trinajstić information content (AvgIpc) is 2.78. The van der Waals surface area contributed by atoms with E-state index in [0.717, 1.165) is 22.3 Å². The first kappa shape index (κ1) is 20.1. The predicted molar refractivity (Wildman–Crippen MR) is 121 cm³/mol. The summed E-state index contributed by atoms with van der Waals surface area (Å²) < 4.78 is 26.0. The van der Waals surface area contributed by atoms with Gasteiger partial charge in [0.1, 0.15) is 11.5 Å². The highest BCUT2D eigenvalue weighted by molar-refractivity contribution is 7.42. The Morgan fingerprint density at radius 1 is 0.500 bits per heavy atom. The van der Waals surface area contributed by atoms with Crippen LogP contribution in [-0.4, -0.2) is 0 Å². The van der Waals surface area contributed by atoms with Crippen LogP contribution < -0.4 is 9.05 Å². The molecule has 0 aliphatic carbocycles. The first-order chi connectivity index (χ1) is 14.8. The van der Waals surface area contributed by atoms with Crippen molar-refractivity contribution in [3.63, 3.8) is 0 Å². The average molecular weight is 416 g/mol. The summed E-state index contributed by atoms with van der Waals surface area (Å²) in [5.41, 5.74) is 4.14. The molecule has 4 aromatic rings. The second-order valence-corrected chi connectivity index (χ2v) is 7.73. The van der Waals surface area contributed by atoms with Crippen molar-refractivity contribution in [2.75, 3.05) is 0 Å². The Morgan fingerprint density at radius 3 is 1.30 bits per heavy atom. The van der Waals surface area contributed by atoms with E-state index in [1.165, 1.54) is 0 Å². The third-order valence-electron chi connectivity index (χ3n) is 4.76. The monoisotopic (exact) mass is 416 g/mol. The van der Waals surface area contributed by atoms with Crippen molar-refractivity contribution in [1.29, 1.82) is 0 Å². The molecule has 0 N–H and O–H groups in total. The summed E-state index contributed by atoms with van der Waals surface area (Å²) in [5.74, 6) is 1.02. The van der Waals surface area contributed by atoms with Crippen molar-refractivity contribution in [2.24, 2.45) is 0 Å². The van der Waals surface area contributed by atoms with Gasteiger partial charge in [-0.3, -0.25) is 0 Å². The van der Waals surface area contributed by atoms with Crippen LogP contribution in [0.2, 0.25) is 0 Å². The van der Waals surface area contributed by atoms with Crippen LogP contribution in [0.3, 0.4) is 0 Å². The Bertz CT molecular complexity index is 983. The van der Waals surface area contributed by atoms with Crippen LogP contribution in [0.1, 0.15) is 22.3 Å². The van der Waals surface area contributed by atoms with Gasteiger partial charge in [-0.25, -0.2) is 0 Å². The molecule has 0 aliphatic rings. The van der Waals surface area contributed by atoms with Gasteiger partial charge in [-0.15, -0.1) is 4.20 Å². The molecule has 150 valence electrons. The molecule has 0 bridgehead atoms. The zero-order valence-corrected chi connectivity index (χ0v) is 17.3. The van der Waals surface area contributed by atoms with E-state index < -0.39 is 8.69 Å². The summed E-state index contributed by atoms with van der Waals surface area (Å²) in [5, 5.41) is 0. The van der Waals surface area contributed by atoms with Crippen molar-refractivity contribution in [1.82, 2.24) is 0 Å². The molecule has 0 fully saturated rings. The Balaban J connectivity index is 1.47. The van der Waals surface area contributed by atoms with E-state index in [2.05, 4.69) is 0 Å². The van der Waals surface area contributed by atoms with Gasteiger partial charge in [0, 0.05) is 12.8 Å². The Kier molecular flexibility index (Phi) is 6.74. The SMILES string of the molecule is FP(Oc1ccccc1Cc1ccccc1)Oc1ccccc1Cc1ccccc1. The van der Waals surface area contributed by atoms with Crippen LogP contribution in [0.4, 0.5) is 4.20 Å². The molecule has 4 aromatic carbocycles. The zero-order chi connectivity index (χ0) is 20.6. The largest absolute Gasteiger partial charge is 0.505 e. The van der Waals surface area contributed by atoms with Gasteiger partial charge in [0.2, 0.25) is 0 Å². The lowest BCUT2D eigenvalue weighted by molar-refractivity contribution is 0.435. The normalized spacial score (nSPS) is 10.7. The molecule has 4 rings (SSSR count). The molecule has 0 aromatic heterocycles. The van der Waals surface area contributed by atoms with Gasteiger partial charge in [-0.05, 0) is 34.4 Å². The molecule has 0 saturated heterocycles. The van der Waals surface area contributed by atoms with Crippen LogP contribution in [0.15, 0.2) is 109 Å². The van der Waals surface area contributed by atoms with Gasteiger partial charge in [-0.1, -0.05) is 97.1 Å². The van der Waals surface area contributed by atoms with Crippen LogP contribution in [-0.2, 0) is 12.8 Å². The van der Waals surface area contributed by atoms with Crippen LogP contribution in [0.25, 0.3) is 0 Å². The molecule has 0 saturated carbocycles. The number of hydrogen-bond donors (Lipinski definition) is 0. The maximum atomic E-state index is 14.8. The second-order valence-electron chi connectivity index (χ2n) is 6.94. The molecule has 0 spiro atoms. The fraction of sp³-hybridized carbons (Fsp3) is 0.0769. The lowest BCUT2D eigenvalue weighted by atomic mass is 10.0. The second kappa shape index (κ2) is 10.0. The van der Waals surface area contributed by atoms with E-state index in [-0.39, 0.29) is 0 Å². The molecular weight excluding hydrogens is 394 g/mol. The van der Waals surface area contributed by atoms with Crippen molar-refractivity contribution in [3.05, 3.63) is 131 Å². The third-order valence-corrected chi connectivity index (χ3v) is 5.44. The maximum Gasteiger partial charge on any atom is 0.505 e. The molecule has 2 nitrogen and oxygen atoms in total. The summed E-state index contributed by atoms with van der Waals surface area (Å²) in [6.45, 7) is 0. The fourth-order valence-electron chi connectivity index (χ4n) is 3.28. The lowest BCUT2D eigenvalue weighted by Gasteiger charge is -2.16.